The Kier molecular flexibility index (Phi) is 3.34. The second-order valence-electron chi connectivity index (χ2n) is 5.43. The van der Waals surface area contributed by atoms with Gasteiger partial charge in [-0.05, 0) is 23.6 Å². The van der Waals surface area contributed by atoms with Crippen molar-refractivity contribution >= 4 is 17.3 Å². The third-order valence-corrected chi connectivity index (χ3v) is 3.76. The fourth-order valence-electron chi connectivity index (χ4n) is 2.39. The number of carbonyl (C=O) groups is 3. The summed E-state index contributed by atoms with van der Waals surface area (Å²) < 4.78 is 5.02. The van der Waals surface area contributed by atoms with Gasteiger partial charge in [0.25, 0.3) is 0 Å². The number of allylic oxidation sites excluding steroid dienone is 1. The summed E-state index contributed by atoms with van der Waals surface area (Å²) in [6.45, 7) is 7.10. The molecule has 0 aliphatic heterocycles. The minimum Gasteiger partial charge on any atom is -0.497 e. The number of fused-ring (bicyclic) bond motifs is 1. The van der Waals surface area contributed by atoms with Crippen LogP contribution < -0.4 is 4.74 Å². The zero-order valence-corrected chi connectivity index (χ0v) is 11.7. The summed E-state index contributed by atoms with van der Waals surface area (Å²) in [4.78, 5) is 37.0. The second kappa shape index (κ2) is 4.71. The fourth-order valence-corrected chi connectivity index (χ4v) is 2.39. The number of carbonyl (C=O) groups excluding carboxylic acids is 3. The van der Waals surface area contributed by atoms with E-state index in [2.05, 4.69) is 6.58 Å². The van der Waals surface area contributed by atoms with Crippen LogP contribution in [0.3, 0.4) is 0 Å². The van der Waals surface area contributed by atoms with Gasteiger partial charge in [-0.25, -0.2) is 0 Å². The van der Waals surface area contributed by atoms with Gasteiger partial charge in [-0.3, -0.25) is 14.4 Å². The van der Waals surface area contributed by atoms with Gasteiger partial charge in [0.1, 0.15) is 5.75 Å². The number of Topliss-reactive ketones (excluding diaryl/α,β-unsaturated/α-hetero) is 3. The van der Waals surface area contributed by atoms with Gasteiger partial charge in [0.2, 0.25) is 11.6 Å². The van der Waals surface area contributed by atoms with E-state index in [0.717, 1.165) is 0 Å². The smallest absolute Gasteiger partial charge is 0.230 e. The van der Waals surface area contributed by atoms with Gasteiger partial charge in [-0.15, -0.1) is 6.58 Å². The van der Waals surface area contributed by atoms with Gasteiger partial charge in [-0.2, -0.15) is 0 Å². The predicted octanol–water partition coefficient (Wildman–Crippen LogP) is 2.47. The first-order chi connectivity index (χ1) is 9.33. The van der Waals surface area contributed by atoms with E-state index in [1.54, 1.807) is 19.9 Å². The lowest BCUT2D eigenvalue weighted by atomic mass is 9.67. The molecule has 1 aromatic carbocycles. The third kappa shape index (κ3) is 1.97. The highest BCUT2D eigenvalue weighted by Gasteiger charge is 2.47. The topological polar surface area (TPSA) is 60.4 Å². The lowest BCUT2D eigenvalue weighted by molar-refractivity contribution is -0.119. The van der Waals surface area contributed by atoms with Crippen LogP contribution in [-0.4, -0.2) is 24.5 Å². The van der Waals surface area contributed by atoms with E-state index in [1.807, 2.05) is 0 Å². The summed E-state index contributed by atoms with van der Waals surface area (Å²) in [5.41, 5.74) is -0.368. The van der Waals surface area contributed by atoms with Crippen molar-refractivity contribution in [3.8, 4) is 5.75 Å². The number of benzene rings is 1. The predicted molar refractivity (Wildman–Crippen MR) is 74.1 cm³/mol. The average Bonchev–Trinajstić information content (AvgIpc) is 2.44. The summed E-state index contributed by atoms with van der Waals surface area (Å²) in [5.74, 6) is -2.22. The maximum Gasteiger partial charge on any atom is 0.230 e. The first-order valence-corrected chi connectivity index (χ1v) is 6.28. The molecule has 104 valence electrons. The van der Waals surface area contributed by atoms with E-state index in [4.69, 9.17) is 4.74 Å². The van der Waals surface area contributed by atoms with E-state index in [-0.39, 0.29) is 16.9 Å². The molecule has 1 unspecified atom stereocenters. The number of ether oxygens (including phenoxy) is 1. The Morgan fingerprint density at radius 2 is 1.80 bits per heavy atom. The summed E-state index contributed by atoms with van der Waals surface area (Å²) >= 11 is 0. The van der Waals surface area contributed by atoms with Crippen LogP contribution >= 0.6 is 0 Å². The molecule has 20 heavy (non-hydrogen) atoms. The van der Waals surface area contributed by atoms with Crippen molar-refractivity contribution in [2.24, 2.45) is 11.3 Å². The second-order valence-corrected chi connectivity index (χ2v) is 5.43. The van der Waals surface area contributed by atoms with Crippen molar-refractivity contribution in [3.63, 3.8) is 0 Å². The van der Waals surface area contributed by atoms with E-state index in [0.29, 0.717) is 5.75 Å². The molecule has 0 saturated heterocycles. The quantitative estimate of drug-likeness (QED) is 0.482. The van der Waals surface area contributed by atoms with Crippen LogP contribution in [0.5, 0.6) is 5.75 Å². The molecule has 1 aliphatic rings. The molecule has 0 radical (unpaired) electrons. The summed E-state index contributed by atoms with van der Waals surface area (Å²) in [6, 6.07) is 4.58. The molecular formula is C16H16O4. The average molecular weight is 272 g/mol. The van der Waals surface area contributed by atoms with Crippen LogP contribution in [0.4, 0.5) is 0 Å². The minimum atomic E-state index is -1.01. The number of hydrogen-bond acceptors (Lipinski definition) is 4. The number of ketones is 3. The molecule has 1 aromatic rings. The van der Waals surface area contributed by atoms with Crippen LogP contribution in [0.15, 0.2) is 30.9 Å². The molecule has 0 fully saturated rings. The Labute approximate surface area is 117 Å². The Bertz CT molecular complexity index is 625. The standard InChI is InChI=1S/C16H16O4/c1-5-16(2,3)12-13(17)10-7-6-9(20-4)8-11(10)14(18)15(12)19/h5-8,12H,1H2,2-4H3. The Morgan fingerprint density at radius 3 is 2.35 bits per heavy atom. The SMILES string of the molecule is C=CC(C)(C)C1C(=O)C(=O)c2cc(OC)ccc2C1=O. The summed E-state index contributed by atoms with van der Waals surface area (Å²) in [6.07, 6.45) is 1.54. The maximum absolute atomic E-state index is 12.5. The normalized spacial score (nSPS) is 18.8. The van der Waals surface area contributed by atoms with E-state index >= 15 is 0 Å². The molecule has 0 saturated carbocycles. The zero-order chi connectivity index (χ0) is 15.1. The molecule has 2 rings (SSSR count). The summed E-state index contributed by atoms with van der Waals surface area (Å²) in [7, 11) is 1.46. The highest BCUT2D eigenvalue weighted by atomic mass is 16.5. The third-order valence-electron chi connectivity index (χ3n) is 3.76. The number of hydrogen-bond donors (Lipinski definition) is 0. The van der Waals surface area contributed by atoms with Crippen molar-refractivity contribution in [2.45, 2.75) is 13.8 Å². The number of rotatable bonds is 3. The fraction of sp³-hybridized carbons (Fsp3) is 0.312. The van der Waals surface area contributed by atoms with Crippen molar-refractivity contribution in [3.05, 3.63) is 42.0 Å². The van der Waals surface area contributed by atoms with Gasteiger partial charge in [-0.1, -0.05) is 19.9 Å². The Balaban J connectivity index is 2.62. The first-order valence-electron chi connectivity index (χ1n) is 6.28. The van der Waals surface area contributed by atoms with Crippen LogP contribution in [0, 0.1) is 11.3 Å². The number of methoxy groups -OCH3 is 1. The van der Waals surface area contributed by atoms with Gasteiger partial charge in [0.05, 0.1) is 13.0 Å². The Hall–Kier alpha value is -2.23. The van der Waals surface area contributed by atoms with Crippen LogP contribution in [0.25, 0.3) is 0 Å². The Morgan fingerprint density at radius 1 is 1.15 bits per heavy atom. The van der Waals surface area contributed by atoms with Gasteiger partial charge >= 0.3 is 0 Å². The highest BCUT2D eigenvalue weighted by molar-refractivity contribution is 6.52. The van der Waals surface area contributed by atoms with Gasteiger partial charge < -0.3 is 4.74 Å². The van der Waals surface area contributed by atoms with Crippen molar-refractivity contribution in [1.29, 1.82) is 0 Å². The molecule has 0 spiro atoms. The maximum atomic E-state index is 12.5. The highest BCUT2D eigenvalue weighted by Crippen LogP contribution is 2.37. The molecular weight excluding hydrogens is 256 g/mol. The van der Waals surface area contributed by atoms with Crippen LogP contribution in [-0.2, 0) is 4.79 Å². The molecule has 0 bridgehead atoms. The van der Waals surface area contributed by atoms with E-state index in [9.17, 15) is 14.4 Å². The molecule has 4 nitrogen and oxygen atoms in total. The largest absolute Gasteiger partial charge is 0.497 e. The monoisotopic (exact) mass is 272 g/mol. The van der Waals surface area contributed by atoms with Crippen molar-refractivity contribution < 1.29 is 19.1 Å². The van der Waals surface area contributed by atoms with E-state index < -0.39 is 22.9 Å². The molecule has 4 heteroatoms. The van der Waals surface area contributed by atoms with Crippen LogP contribution in [0.2, 0.25) is 0 Å². The lowest BCUT2D eigenvalue weighted by Crippen LogP contribution is -2.44. The first kappa shape index (κ1) is 14.2. The van der Waals surface area contributed by atoms with Crippen molar-refractivity contribution in [2.75, 3.05) is 7.11 Å². The van der Waals surface area contributed by atoms with Gasteiger partial charge in [0.15, 0.2) is 5.78 Å². The zero-order valence-electron chi connectivity index (χ0n) is 11.7. The van der Waals surface area contributed by atoms with Crippen LogP contribution in [0.1, 0.15) is 34.6 Å². The minimum absolute atomic E-state index is 0.121. The van der Waals surface area contributed by atoms with Gasteiger partial charge in [0, 0.05) is 11.1 Å². The molecule has 0 N–H and O–H groups in total. The van der Waals surface area contributed by atoms with Crippen molar-refractivity contribution in [1.82, 2.24) is 0 Å². The molecule has 0 amide bonds. The summed E-state index contributed by atoms with van der Waals surface area (Å²) in [5, 5.41) is 0. The molecule has 0 heterocycles. The lowest BCUT2D eigenvalue weighted by Gasteiger charge is -2.32. The molecule has 0 aromatic heterocycles. The molecule has 1 aliphatic carbocycles. The van der Waals surface area contributed by atoms with E-state index in [1.165, 1.54) is 25.3 Å². The molecule has 1 atom stereocenters.